The van der Waals surface area contributed by atoms with Gasteiger partial charge in [-0.3, -0.25) is 14.3 Å². The van der Waals surface area contributed by atoms with E-state index in [1.165, 1.54) is 41.6 Å². The Morgan fingerprint density at radius 1 is 1.10 bits per heavy atom. The lowest BCUT2D eigenvalue weighted by Crippen LogP contribution is -2.52. The molecule has 2 amide bonds. The van der Waals surface area contributed by atoms with Crippen molar-refractivity contribution < 1.29 is 32.2 Å². The highest BCUT2D eigenvalue weighted by atomic mass is 35.5. The summed E-state index contributed by atoms with van der Waals surface area (Å²) < 4.78 is 54.9. The number of alkyl halides is 1. The number of likely N-dealkylation sites (tertiary alicyclic amines) is 1. The average molecular weight is 574 g/mol. The van der Waals surface area contributed by atoms with Crippen LogP contribution in [0, 0.1) is 23.5 Å². The Bertz CT molecular complexity index is 1470. The molecule has 9 nitrogen and oxygen atoms in total. The molecule has 40 heavy (non-hydrogen) atoms. The minimum atomic E-state index is -1.56. The van der Waals surface area contributed by atoms with Crippen LogP contribution in [-0.4, -0.2) is 76.7 Å². The lowest BCUT2D eigenvalue weighted by molar-refractivity contribution is -0.160. The van der Waals surface area contributed by atoms with E-state index >= 15 is 4.39 Å². The number of nitrogens with one attached hydrogen (secondary N) is 1. The maximum absolute atomic E-state index is 15.3. The molecule has 2 aromatic heterocycles. The van der Waals surface area contributed by atoms with Gasteiger partial charge in [-0.1, -0.05) is 23.4 Å². The summed E-state index contributed by atoms with van der Waals surface area (Å²) in [6.07, 6.45) is 0.289. The highest BCUT2D eigenvalue weighted by molar-refractivity contribution is 6.34. The zero-order valence-corrected chi connectivity index (χ0v) is 21.7. The number of pyridine rings is 1. The largest absolute Gasteiger partial charge is 0.376 e. The monoisotopic (exact) mass is 573 g/mol. The van der Waals surface area contributed by atoms with E-state index in [0.717, 1.165) is 10.7 Å². The van der Waals surface area contributed by atoms with Gasteiger partial charge in [-0.25, -0.2) is 18.2 Å². The molecule has 0 bridgehead atoms. The van der Waals surface area contributed by atoms with Gasteiger partial charge in [-0.05, 0) is 36.8 Å². The number of carbonyl (C=O) groups excluding carboxylic acids is 2. The van der Waals surface area contributed by atoms with Crippen molar-refractivity contribution in [3.05, 3.63) is 76.2 Å². The van der Waals surface area contributed by atoms with E-state index in [9.17, 15) is 18.4 Å². The fourth-order valence-corrected chi connectivity index (χ4v) is 4.67. The number of halogens is 4. The van der Waals surface area contributed by atoms with E-state index in [1.807, 2.05) is 0 Å². The first-order valence-electron chi connectivity index (χ1n) is 12.4. The van der Waals surface area contributed by atoms with E-state index in [4.69, 9.17) is 21.1 Å². The normalized spacial score (nSPS) is 20.9. The fraction of sp³-hybridized carbons (Fsp3) is 0.333. The van der Waals surface area contributed by atoms with Crippen molar-refractivity contribution in [3.63, 3.8) is 0 Å². The molecule has 2 saturated heterocycles. The summed E-state index contributed by atoms with van der Waals surface area (Å²) in [7, 11) is 0. The molecule has 4 heterocycles. The zero-order valence-electron chi connectivity index (χ0n) is 20.9. The van der Waals surface area contributed by atoms with Gasteiger partial charge in [-0.2, -0.15) is 5.10 Å². The van der Waals surface area contributed by atoms with Crippen molar-refractivity contribution in [3.8, 4) is 11.8 Å². The van der Waals surface area contributed by atoms with Crippen molar-refractivity contribution in [2.75, 3.05) is 38.2 Å². The Balaban J connectivity index is 1.26. The molecule has 0 radical (unpaired) electrons. The van der Waals surface area contributed by atoms with Gasteiger partial charge >= 0.3 is 0 Å². The molecule has 1 N–H and O–H groups in total. The van der Waals surface area contributed by atoms with Gasteiger partial charge in [0.2, 0.25) is 0 Å². The molecule has 0 spiro atoms. The molecule has 13 heteroatoms. The molecule has 2 aliphatic heterocycles. The van der Waals surface area contributed by atoms with Crippen LogP contribution in [0.15, 0.2) is 42.7 Å². The van der Waals surface area contributed by atoms with Gasteiger partial charge in [0.05, 0.1) is 43.6 Å². The predicted molar refractivity (Wildman–Crippen MR) is 137 cm³/mol. The van der Waals surface area contributed by atoms with Gasteiger partial charge < -0.3 is 19.7 Å². The van der Waals surface area contributed by atoms with Crippen molar-refractivity contribution in [1.82, 2.24) is 19.7 Å². The van der Waals surface area contributed by atoms with Crippen LogP contribution in [0.4, 0.5) is 19.0 Å². The van der Waals surface area contributed by atoms with Crippen LogP contribution in [0.3, 0.4) is 0 Å². The second-order valence-electron chi connectivity index (χ2n) is 9.14. The lowest BCUT2D eigenvalue weighted by atomic mass is 10.0. The molecular formula is C27H23ClF3N5O4. The Hall–Kier alpha value is -3.92. The summed E-state index contributed by atoms with van der Waals surface area (Å²) in [5.74, 6) is 2.66. The third-order valence-corrected chi connectivity index (χ3v) is 6.74. The Morgan fingerprint density at radius 2 is 1.88 bits per heavy atom. The molecule has 1 aromatic carbocycles. The zero-order chi connectivity index (χ0) is 28.2. The molecule has 5 rings (SSSR count). The molecule has 208 valence electrons. The number of benzene rings is 1. The van der Waals surface area contributed by atoms with Gasteiger partial charge in [0.1, 0.15) is 17.7 Å². The smallest absolute Gasteiger partial charge is 0.276 e. The SMILES string of the molecule is O=C(Nc1ncc(C#Cc2ccc(F)cc2)cc1F)c1c(Cl)cnn1[C@@H]1CCN(C(=O)C2COCCO2)C[C@H]1F. The summed E-state index contributed by atoms with van der Waals surface area (Å²) >= 11 is 6.21. The number of hydrogen-bond acceptors (Lipinski definition) is 6. The van der Waals surface area contributed by atoms with E-state index in [2.05, 4.69) is 27.2 Å². The van der Waals surface area contributed by atoms with Crippen LogP contribution < -0.4 is 5.32 Å². The topological polar surface area (TPSA) is 98.6 Å². The first kappa shape index (κ1) is 27.6. The first-order valence-corrected chi connectivity index (χ1v) is 12.8. The van der Waals surface area contributed by atoms with Gasteiger partial charge in [0, 0.05) is 23.9 Å². The number of aromatic nitrogens is 3. The molecule has 0 saturated carbocycles. The predicted octanol–water partition coefficient (Wildman–Crippen LogP) is 3.39. The number of piperidine rings is 1. The van der Waals surface area contributed by atoms with Gasteiger partial charge in [0.15, 0.2) is 17.7 Å². The average Bonchev–Trinajstić information content (AvgIpc) is 3.35. The standard InChI is InChI=1S/C27H23ClF3N5O4/c28-19-13-33-36(22-7-8-35(14-21(22)31)27(38)23-15-39-9-10-40-23)24(19)26(37)34-25-20(30)11-17(12-32-25)2-1-16-3-5-18(29)6-4-16/h3-6,11-13,21-23H,7-10,14-15H2,(H,32,34,37)/t21-,22-,23?/m1/s1. The van der Waals surface area contributed by atoms with Crippen LogP contribution >= 0.6 is 11.6 Å². The number of ether oxygens (including phenoxy) is 2. The summed E-state index contributed by atoms with van der Waals surface area (Å²) in [4.78, 5) is 31.1. The molecule has 3 aromatic rings. The molecular weight excluding hydrogens is 551 g/mol. The molecule has 2 aliphatic rings. The lowest BCUT2D eigenvalue weighted by Gasteiger charge is -2.37. The Morgan fingerprint density at radius 3 is 2.58 bits per heavy atom. The number of rotatable bonds is 4. The third-order valence-electron chi connectivity index (χ3n) is 6.46. The van der Waals surface area contributed by atoms with E-state index < -0.39 is 35.9 Å². The van der Waals surface area contributed by atoms with Crippen molar-refractivity contribution >= 4 is 29.2 Å². The van der Waals surface area contributed by atoms with Crippen molar-refractivity contribution in [1.29, 1.82) is 0 Å². The highest BCUT2D eigenvalue weighted by Gasteiger charge is 2.38. The summed E-state index contributed by atoms with van der Waals surface area (Å²) in [6.45, 7) is 0.786. The van der Waals surface area contributed by atoms with Crippen LogP contribution in [0.25, 0.3) is 0 Å². The summed E-state index contributed by atoms with van der Waals surface area (Å²) in [5, 5.41) is 6.38. The number of amides is 2. The molecule has 1 unspecified atom stereocenters. The van der Waals surface area contributed by atoms with Crippen molar-refractivity contribution in [2.24, 2.45) is 0 Å². The summed E-state index contributed by atoms with van der Waals surface area (Å²) in [5.41, 5.74) is 0.592. The van der Waals surface area contributed by atoms with Crippen LogP contribution in [0.5, 0.6) is 0 Å². The minimum Gasteiger partial charge on any atom is -0.376 e. The maximum atomic E-state index is 15.3. The van der Waals surface area contributed by atoms with Crippen LogP contribution in [0.1, 0.15) is 34.1 Å². The van der Waals surface area contributed by atoms with Crippen LogP contribution in [0.2, 0.25) is 5.02 Å². The van der Waals surface area contributed by atoms with E-state index in [1.54, 1.807) is 0 Å². The van der Waals surface area contributed by atoms with E-state index in [-0.39, 0.29) is 60.7 Å². The number of carbonyl (C=O) groups is 2. The second kappa shape index (κ2) is 12.1. The van der Waals surface area contributed by atoms with Gasteiger partial charge in [-0.15, -0.1) is 0 Å². The summed E-state index contributed by atoms with van der Waals surface area (Å²) in [6, 6.07) is 5.68. The number of nitrogens with zero attached hydrogens (tertiary/aromatic N) is 4. The van der Waals surface area contributed by atoms with Crippen LogP contribution in [-0.2, 0) is 14.3 Å². The first-order chi connectivity index (χ1) is 19.3. The Kier molecular flexibility index (Phi) is 8.35. The third kappa shape index (κ3) is 6.12. The maximum Gasteiger partial charge on any atom is 0.276 e. The minimum absolute atomic E-state index is 0.0573. The molecule has 0 aliphatic carbocycles. The number of anilines is 1. The fourth-order valence-electron chi connectivity index (χ4n) is 4.45. The highest BCUT2D eigenvalue weighted by Crippen LogP contribution is 2.30. The van der Waals surface area contributed by atoms with Crippen molar-refractivity contribution in [2.45, 2.75) is 24.7 Å². The quantitative estimate of drug-likeness (QED) is 0.481. The van der Waals surface area contributed by atoms with E-state index in [0.29, 0.717) is 12.2 Å². The molecule has 2 fully saturated rings. The molecule has 3 atom stereocenters. The second-order valence-corrected chi connectivity index (χ2v) is 9.55. The Labute approximate surface area is 232 Å². The number of hydrogen-bond donors (Lipinski definition) is 1. The van der Waals surface area contributed by atoms with Gasteiger partial charge in [0.25, 0.3) is 11.8 Å².